The fourth-order valence-electron chi connectivity index (χ4n) is 3.05. The van der Waals surface area contributed by atoms with Crippen molar-refractivity contribution in [3.63, 3.8) is 0 Å². The summed E-state index contributed by atoms with van der Waals surface area (Å²) in [5, 5.41) is -0.401. The highest BCUT2D eigenvalue weighted by atomic mass is 32.2. The summed E-state index contributed by atoms with van der Waals surface area (Å²) < 4.78 is 20.9. The Hall–Kier alpha value is -2.94. The zero-order valence-corrected chi connectivity index (χ0v) is 17.1. The molecule has 0 unspecified atom stereocenters. The maximum atomic E-state index is 12.6. The zero-order chi connectivity index (χ0) is 21.0. The first-order valence-corrected chi connectivity index (χ1v) is 9.87. The van der Waals surface area contributed by atoms with E-state index in [2.05, 4.69) is 0 Å². The van der Waals surface area contributed by atoms with Gasteiger partial charge in [-0.2, -0.15) is 0 Å². The van der Waals surface area contributed by atoms with Crippen LogP contribution in [0.4, 0.5) is 0 Å². The van der Waals surface area contributed by atoms with Crippen molar-refractivity contribution in [2.24, 2.45) is 0 Å². The number of esters is 1. The molecule has 0 bridgehead atoms. The minimum Gasteiger partial charge on any atom is -0.493 e. The zero-order valence-electron chi connectivity index (χ0n) is 16.2. The van der Waals surface area contributed by atoms with Gasteiger partial charge in [0.1, 0.15) is 17.2 Å². The average Bonchev–Trinajstić information content (AvgIpc) is 3.40. The van der Waals surface area contributed by atoms with Gasteiger partial charge in [-0.05, 0) is 30.3 Å². The molecule has 1 saturated heterocycles. The molecule has 0 radical (unpaired) electrons. The third-order valence-electron chi connectivity index (χ3n) is 4.47. The molecule has 1 fully saturated rings. The number of hydrogen-bond acceptors (Lipinski definition) is 8. The Morgan fingerprint density at radius 1 is 1.17 bits per heavy atom. The van der Waals surface area contributed by atoms with Crippen molar-refractivity contribution in [1.82, 2.24) is 4.90 Å². The monoisotopic (exact) mass is 419 g/mol. The number of ketones is 1. The average molecular weight is 419 g/mol. The van der Waals surface area contributed by atoms with Crippen LogP contribution in [-0.4, -0.2) is 55.2 Å². The van der Waals surface area contributed by atoms with E-state index in [1.807, 2.05) is 0 Å². The maximum Gasteiger partial charge on any atom is 0.330 e. The summed E-state index contributed by atoms with van der Waals surface area (Å²) in [6.45, 7) is 0.948. The van der Waals surface area contributed by atoms with E-state index in [4.69, 9.17) is 18.6 Å². The lowest BCUT2D eigenvalue weighted by atomic mass is 10.1. The van der Waals surface area contributed by atoms with Crippen molar-refractivity contribution >= 4 is 29.4 Å². The molecule has 8 nitrogen and oxygen atoms in total. The van der Waals surface area contributed by atoms with Crippen molar-refractivity contribution in [2.75, 3.05) is 26.6 Å². The normalized spacial score (nSPS) is 18.4. The lowest BCUT2D eigenvalue weighted by molar-refractivity contribution is -0.152. The summed E-state index contributed by atoms with van der Waals surface area (Å²) in [5.74, 6) is 0.545. The quantitative estimate of drug-likeness (QED) is 0.499. The number of carbonyl (C=O) groups is 3. The Morgan fingerprint density at radius 2 is 1.93 bits per heavy atom. The van der Waals surface area contributed by atoms with Crippen LogP contribution in [-0.2, 0) is 14.3 Å². The molecule has 1 aliphatic heterocycles. The Balaban J connectivity index is 1.65. The van der Waals surface area contributed by atoms with E-state index in [0.717, 1.165) is 0 Å². The Morgan fingerprint density at radius 3 is 2.55 bits per heavy atom. The molecular formula is C20H21NO7S. The molecule has 0 saturated carbocycles. The third kappa shape index (κ3) is 4.40. The summed E-state index contributed by atoms with van der Waals surface area (Å²) in [6.07, 6.45) is 1.52. The van der Waals surface area contributed by atoms with Crippen molar-refractivity contribution in [2.45, 2.75) is 18.3 Å². The predicted molar refractivity (Wildman–Crippen MR) is 105 cm³/mol. The van der Waals surface area contributed by atoms with Crippen LogP contribution in [0.5, 0.6) is 11.5 Å². The molecule has 3 rings (SSSR count). The van der Waals surface area contributed by atoms with Gasteiger partial charge in [-0.25, -0.2) is 4.79 Å². The van der Waals surface area contributed by atoms with Gasteiger partial charge in [-0.3, -0.25) is 9.59 Å². The number of benzene rings is 1. The van der Waals surface area contributed by atoms with Crippen molar-refractivity contribution < 1.29 is 33.0 Å². The number of thioether (sulfide) groups is 1. The second-order valence-corrected chi connectivity index (χ2v) is 7.36. The van der Waals surface area contributed by atoms with Crippen LogP contribution in [0.2, 0.25) is 0 Å². The summed E-state index contributed by atoms with van der Waals surface area (Å²) in [4.78, 5) is 38.6. The molecule has 29 heavy (non-hydrogen) atoms. The molecule has 2 aromatic rings. The number of Topliss-reactive ketones (excluding diaryl/α,β-unsaturated/α-hetero) is 1. The van der Waals surface area contributed by atoms with Crippen LogP contribution < -0.4 is 9.47 Å². The smallest absolute Gasteiger partial charge is 0.330 e. The molecule has 1 aromatic carbocycles. The minimum absolute atomic E-state index is 0.274. The number of furan rings is 1. The highest BCUT2D eigenvalue weighted by molar-refractivity contribution is 7.99. The van der Waals surface area contributed by atoms with Crippen molar-refractivity contribution in [3.05, 3.63) is 47.9 Å². The Kier molecular flexibility index (Phi) is 6.48. The van der Waals surface area contributed by atoms with Crippen LogP contribution in [0, 0.1) is 0 Å². The number of nitrogens with zero attached hydrogens (tertiary/aromatic N) is 1. The molecule has 2 heterocycles. The molecule has 1 aromatic heterocycles. The number of ether oxygens (including phenoxy) is 3. The maximum absolute atomic E-state index is 12.6. The molecular weight excluding hydrogens is 398 g/mol. The van der Waals surface area contributed by atoms with Gasteiger partial charge in [-0.1, -0.05) is 0 Å². The summed E-state index contributed by atoms with van der Waals surface area (Å²) in [7, 11) is 2.97. The van der Waals surface area contributed by atoms with E-state index in [9.17, 15) is 14.4 Å². The van der Waals surface area contributed by atoms with E-state index in [1.165, 1.54) is 50.1 Å². The summed E-state index contributed by atoms with van der Waals surface area (Å²) in [5.41, 5.74) is 0.327. The van der Waals surface area contributed by atoms with Gasteiger partial charge < -0.3 is 23.5 Å². The molecule has 0 N–H and O–H groups in total. The Labute approximate surface area is 172 Å². The van der Waals surface area contributed by atoms with Gasteiger partial charge in [0, 0.05) is 18.2 Å². The second kappa shape index (κ2) is 9.04. The fourth-order valence-corrected chi connectivity index (χ4v) is 4.47. The van der Waals surface area contributed by atoms with E-state index >= 15 is 0 Å². The topological polar surface area (TPSA) is 95.3 Å². The van der Waals surface area contributed by atoms with E-state index < -0.39 is 24.0 Å². The number of hydrogen-bond donors (Lipinski definition) is 0. The lowest BCUT2D eigenvalue weighted by Crippen LogP contribution is -2.43. The van der Waals surface area contributed by atoms with Gasteiger partial charge in [-0.15, -0.1) is 11.8 Å². The summed E-state index contributed by atoms with van der Waals surface area (Å²) in [6, 6.07) is 7.38. The van der Waals surface area contributed by atoms with Crippen molar-refractivity contribution in [1.29, 1.82) is 0 Å². The number of rotatable bonds is 7. The lowest BCUT2D eigenvalue weighted by Gasteiger charge is -2.25. The third-order valence-corrected chi connectivity index (χ3v) is 5.76. The SMILES string of the molecule is COc1ccc(C(=O)COC(=O)[C@H]2CS[C@@H](c3ccco3)N2C(C)=O)cc1OC. The van der Waals surface area contributed by atoms with E-state index in [0.29, 0.717) is 28.6 Å². The second-order valence-electron chi connectivity index (χ2n) is 6.24. The van der Waals surface area contributed by atoms with E-state index in [-0.39, 0.29) is 11.7 Å². The van der Waals surface area contributed by atoms with E-state index in [1.54, 1.807) is 24.3 Å². The van der Waals surface area contributed by atoms with Crippen LogP contribution in [0.15, 0.2) is 41.0 Å². The predicted octanol–water partition coefficient (Wildman–Crippen LogP) is 2.69. The molecule has 2 atom stereocenters. The molecule has 1 amide bonds. The first-order valence-electron chi connectivity index (χ1n) is 8.82. The minimum atomic E-state index is -0.786. The van der Waals surface area contributed by atoms with Gasteiger partial charge >= 0.3 is 5.97 Å². The number of amides is 1. The fraction of sp³-hybridized carbons (Fsp3) is 0.350. The van der Waals surface area contributed by atoms with Crippen LogP contribution in [0.1, 0.15) is 28.4 Å². The van der Waals surface area contributed by atoms with Gasteiger partial charge in [0.2, 0.25) is 5.91 Å². The molecule has 0 spiro atoms. The largest absolute Gasteiger partial charge is 0.493 e. The number of methoxy groups -OCH3 is 2. The standard InChI is InChI=1S/C20H21NO7S/c1-12(22)21-14(11-29-19(21)17-5-4-8-27-17)20(24)28-10-15(23)13-6-7-16(25-2)18(9-13)26-3/h4-9,14,19H,10-11H2,1-3H3/t14-,19+/m1/s1. The number of carbonyl (C=O) groups excluding carboxylic acids is 3. The van der Waals surface area contributed by atoms with Gasteiger partial charge in [0.25, 0.3) is 0 Å². The van der Waals surface area contributed by atoms with Crippen LogP contribution >= 0.6 is 11.8 Å². The summed E-state index contributed by atoms with van der Waals surface area (Å²) >= 11 is 1.41. The Bertz CT molecular complexity index is 896. The highest BCUT2D eigenvalue weighted by Gasteiger charge is 2.43. The highest BCUT2D eigenvalue weighted by Crippen LogP contribution is 2.41. The van der Waals surface area contributed by atoms with Gasteiger partial charge in [0.15, 0.2) is 23.9 Å². The van der Waals surface area contributed by atoms with Crippen LogP contribution in [0.3, 0.4) is 0 Å². The first-order chi connectivity index (χ1) is 14.0. The molecule has 9 heteroatoms. The van der Waals surface area contributed by atoms with Gasteiger partial charge in [0.05, 0.1) is 20.5 Å². The molecule has 1 aliphatic rings. The molecule has 0 aliphatic carbocycles. The first kappa shape index (κ1) is 20.8. The van der Waals surface area contributed by atoms with Crippen LogP contribution in [0.25, 0.3) is 0 Å². The van der Waals surface area contributed by atoms with Crippen molar-refractivity contribution in [3.8, 4) is 11.5 Å². The molecule has 154 valence electrons.